The summed E-state index contributed by atoms with van der Waals surface area (Å²) in [5, 5.41) is 2.94. The van der Waals surface area contributed by atoms with E-state index >= 15 is 0 Å². The maximum atomic E-state index is 13.1. The van der Waals surface area contributed by atoms with Gasteiger partial charge in [0.2, 0.25) is 0 Å². The van der Waals surface area contributed by atoms with Crippen molar-refractivity contribution in [2.45, 2.75) is 11.8 Å². The van der Waals surface area contributed by atoms with Crippen molar-refractivity contribution in [3.63, 3.8) is 0 Å². The molecule has 218 valence electrons. The molecule has 3 aromatic carbocycles. The predicted molar refractivity (Wildman–Crippen MR) is 168 cm³/mol. The second-order valence-corrected chi connectivity index (χ2v) is 12.6. The van der Waals surface area contributed by atoms with Crippen LogP contribution in [0.25, 0.3) is 0 Å². The quantitative estimate of drug-likeness (QED) is 0.240. The third-order valence-electron chi connectivity index (χ3n) is 6.91. The minimum atomic E-state index is -3.92. The van der Waals surface area contributed by atoms with Crippen molar-refractivity contribution in [1.82, 2.24) is 15.2 Å². The van der Waals surface area contributed by atoms with Gasteiger partial charge in [-0.1, -0.05) is 28.1 Å². The zero-order valence-corrected chi connectivity index (χ0v) is 25.6. The Balaban J connectivity index is 1.12. The van der Waals surface area contributed by atoms with E-state index < -0.39 is 10.0 Å². The van der Waals surface area contributed by atoms with E-state index in [9.17, 15) is 13.2 Å². The number of carbonyl (C=O) groups excluding carboxylic acids is 1. The van der Waals surface area contributed by atoms with Gasteiger partial charge in [-0.3, -0.25) is 14.4 Å². The highest BCUT2D eigenvalue weighted by atomic mass is 79.9. The fourth-order valence-electron chi connectivity index (χ4n) is 4.58. The van der Waals surface area contributed by atoms with Gasteiger partial charge in [-0.2, -0.15) is 0 Å². The van der Waals surface area contributed by atoms with Crippen molar-refractivity contribution in [3.8, 4) is 11.5 Å². The van der Waals surface area contributed by atoms with E-state index in [1.165, 1.54) is 29.8 Å². The Kier molecular flexibility index (Phi) is 9.41. The summed E-state index contributed by atoms with van der Waals surface area (Å²) in [4.78, 5) is 21.8. The highest BCUT2D eigenvalue weighted by Crippen LogP contribution is 2.31. The molecule has 11 heteroatoms. The van der Waals surface area contributed by atoms with Gasteiger partial charge in [-0.15, -0.1) is 0 Å². The van der Waals surface area contributed by atoms with Crippen LogP contribution in [0.1, 0.15) is 15.9 Å². The van der Waals surface area contributed by atoms with Crippen LogP contribution in [0.4, 0.5) is 11.5 Å². The molecular weight excluding hydrogens is 618 g/mol. The minimum Gasteiger partial charge on any atom is -0.455 e. The number of aryl methyl sites for hydroxylation is 1. The summed E-state index contributed by atoms with van der Waals surface area (Å²) in [5.74, 6) is 1.69. The number of halogens is 1. The molecule has 0 spiro atoms. The first kappa shape index (κ1) is 29.6. The molecule has 1 aliphatic heterocycles. The van der Waals surface area contributed by atoms with Crippen molar-refractivity contribution in [1.29, 1.82) is 0 Å². The normalized spacial score (nSPS) is 13.9. The highest BCUT2D eigenvalue weighted by molar-refractivity contribution is 9.10. The number of anilines is 2. The lowest BCUT2D eigenvalue weighted by molar-refractivity contribution is 0.0947. The number of carbonyl (C=O) groups is 1. The van der Waals surface area contributed by atoms with Crippen LogP contribution < -0.4 is 19.7 Å². The predicted octanol–water partition coefficient (Wildman–Crippen LogP) is 5.30. The van der Waals surface area contributed by atoms with Gasteiger partial charge < -0.3 is 15.0 Å². The molecule has 2 heterocycles. The summed E-state index contributed by atoms with van der Waals surface area (Å²) in [6.07, 6.45) is 1.84. The van der Waals surface area contributed by atoms with Gasteiger partial charge in [0.25, 0.3) is 15.9 Å². The second kappa shape index (κ2) is 13.4. The lowest BCUT2D eigenvalue weighted by Crippen LogP contribution is -2.48. The number of nitrogens with one attached hydrogen (secondary N) is 2. The summed E-state index contributed by atoms with van der Waals surface area (Å²) >= 11 is 3.39. The van der Waals surface area contributed by atoms with Crippen LogP contribution in [-0.2, 0) is 10.0 Å². The van der Waals surface area contributed by atoms with Crippen molar-refractivity contribution in [2.75, 3.05) is 48.9 Å². The van der Waals surface area contributed by atoms with Crippen LogP contribution in [0.5, 0.6) is 11.5 Å². The molecule has 1 saturated heterocycles. The summed E-state index contributed by atoms with van der Waals surface area (Å²) in [7, 11) is -3.92. The zero-order chi connectivity index (χ0) is 29.5. The lowest BCUT2D eigenvalue weighted by atomic mass is 10.2. The number of ether oxygens (including phenoxy) is 1. The second-order valence-electron chi connectivity index (χ2n) is 9.96. The summed E-state index contributed by atoms with van der Waals surface area (Å²) < 4.78 is 35.6. The van der Waals surface area contributed by atoms with Crippen LogP contribution in [0.15, 0.2) is 100 Å². The molecule has 0 radical (unpaired) electrons. The molecule has 5 rings (SSSR count). The van der Waals surface area contributed by atoms with Gasteiger partial charge in [-0.05, 0) is 85.3 Å². The molecule has 0 aliphatic carbocycles. The number of piperazine rings is 1. The highest BCUT2D eigenvalue weighted by Gasteiger charge is 2.20. The average Bonchev–Trinajstić information content (AvgIpc) is 2.99. The number of hydrogen-bond donors (Lipinski definition) is 2. The number of nitrogens with zero attached hydrogens (tertiary/aromatic N) is 3. The van der Waals surface area contributed by atoms with Crippen molar-refractivity contribution >= 4 is 43.4 Å². The molecule has 0 unspecified atom stereocenters. The maximum absolute atomic E-state index is 13.1. The molecule has 1 aromatic heterocycles. The number of hydrogen-bond acceptors (Lipinski definition) is 7. The van der Waals surface area contributed by atoms with Crippen LogP contribution in [0, 0.1) is 6.92 Å². The third kappa shape index (κ3) is 7.67. The first-order valence-corrected chi connectivity index (χ1v) is 15.9. The standard InChI is InChI=1S/C31H32BrN5O4S/c1-23-14-15-33-30(22-23)37-20-18-36(19-21-37)17-16-34-31(38)24-6-12-27(13-7-24)42(39,40)35-28-4-2-3-5-29(28)41-26-10-8-25(32)9-11-26/h2-15,22,35H,16-21H2,1H3,(H,34,38). The summed E-state index contributed by atoms with van der Waals surface area (Å²) in [5.41, 5.74) is 1.89. The molecular formula is C31H32BrN5O4S. The Labute approximate surface area is 254 Å². The summed E-state index contributed by atoms with van der Waals surface area (Å²) in [6.45, 7) is 6.85. The van der Waals surface area contributed by atoms with E-state index in [-0.39, 0.29) is 10.8 Å². The molecule has 9 nitrogen and oxygen atoms in total. The number of pyridine rings is 1. The Bertz CT molecular complexity index is 1620. The largest absolute Gasteiger partial charge is 0.455 e. The molecule has 42 heavy (non-hydrogen) atoms. The Morgan fingerprint density at radius 3 is 2.38 bits per heavy atom. The number of aromatic nitrogens is 1. The van der Waals surface area contributed by atoms with Crippen molar-refractivity contribution in [3.05, 3.63) is 107 Å². The Morgan fingerprint density at radius 1 is 0.952 bits per heavy atom. The molecule has 1 amide bonds. The monoisotopic (exact) mass is 649 g/mol. The SMILES string of the molecule is Cc1ccnc(N2CCN(CCNC(=O)c3ccc(S(=O)(=O)Nc4ccccc4Oc4ccc(Br)cc4)cc3)CC2)c1. The third-order valence-corrected chi connectivity index (χ3v) is 8.82. The van der Waals surface area contributed by atoms with E-state index in [2.05, 4.69) is 53.7 Å². The van der Waals surface area contributed by atoms with Crippen LogP contribution in [-0.4, -0.2) is 63.5 Å². The van der Waals surface area contributed by atoms with Gasteiger partial charge in [0.15, 0.2) is 5.75 Å². The van der Waals surface area contributed by atoms with Gasteiger partial charge in [-0.25, -0.2) is 13.4 Å². The first-order valence-electron chi connectivity index (χ1n) is 13.6. The Morgan fingerprint density at radius 2 is 1.67 bits per heavy atom. The van der Waals surface area contributed by atoms with Gasteiger partial charge in [0.05, 0.1) is 10.6 Å². The van der Waals surface area contributed by atoms with Crippen LogP contribution >= 0.6 is 15.9 Å². The molecule has 1 fully saturated rings. The van der Waals surface area contributed by atoms with E-state index in [0.717, 1.165) is 43.0 Å². The van der Waals surface area contributed by atoms with Gasteiger partial charge >= 0.3 is 0 Å². The number of rotatable bonds is 10. The lowest BCUT2D eigenvalue weighted by Gasteiger charge is -2.35. The molecule has 0 bridgehead atoms. The van der Waals surface area contributed by atoms with E-state index in [4.69, 9.17) is 4.74 Å². The fourth-order valence-corrected chi connectivity index (χ4v) is 5.92. The van der Waals surface area contributed by atoms with Gasteiger partial charge in [0, 0.05) is 55.5 Å². The van der Waals surface area contributed by atoms with E-state index in [1.807, 2.05) is 24.4 Å². The summed E-state index contributed by atoms with van der Waals surface area (Å²) in [6, 6.07) is 24.0. The van der Waals surface area contributed by atoms with Gasteiger partial charge in [0.1, 0.15) is 11.6 Å². The Hall–Kier alpha value is -3.93. The van der Waals surface area contributed by atoms with E-state index in [0.29, 0.717) is 29.3 Å². The zero-order valence-electron chi connectivity index (χ0n) is 23.2. The number of sulfonamides is 1. The molecule has 0 atom stereocenters. The molecule has 4 aromatic rings. The van der Waals surface area contributed by atoms with Crippen LogP contribution in [0.3, 0.4) is 0 Å². The topological polar surface area (TPSA) is 104 Å². The van der Waals surface area contributed by atoms with Crippen LogP contribution in [0.2, 0.25) is 0 Å². The maximum Gasteiger partial charge on any atom is 0.262 e. The first-order chi connectivity index (χ1) is 20.3. The fraction of sp³-hybridized carbons (Fsp3) is 0.226. The van der Waals surface area contributed by atoms with E-state index in [1.54, 1.807) is 36.4 Å². The average molecular weight is 651 g/mol. The number of amides is 1. The molecule has 1 aliphatic rings. The smallest absolute Gasteiger partial charge is 0.262 e. The number of para-hydroxylation sites is 2. The minimum absolute atomic E-state index is 0.0402. The molecule has 2 N–H and O–H groups in total. The number of benzene rings is 3. The van der Waals surface area contributed by atoms with Crippen molar-refractivity contribution in [2.24, 2.45) is 0 Å². The van der Waals surface area contributed by atoms with Crippen molar-refractivity contribution < 1.29 is 17.9 Å². The molecule has 0 saturated carbocycles.